The van der Waals surface area contributed by atoms with E-state index >= 15 is 0 Å². The van der Waals surface area contributed by atoms with Crippen molar-refractivity contribution in [2.75, 3.05) is 26.7 Å². The van der Waals surface area contributed by atoms with Crippen molar-refractivity contribution in [3.05, 3.63) is 21.7 Å². The molecule has 90 valence electrons. The van der Waals surface area contributed by atoms with Gasteiger partial charge >= 0.3 is 0 Å². The van der Waals surface area contributed by atoms with Crippen molar-refractivity contribution in [3.8, 4) is 0 Å². The summed E-state index contributed by atoms with van der Waals surface area (Å²) in [5, 5.41) is 11.3. The average molecular weight is 240 g/mol. The fourth-order valence-corrected chi connectivity index (χ4v) is 2.73. The molecule has 0 spiro atoms. The summed E-state index contributed by atoms with van der Waals surface area (Å²) >= 11 is 1.81. The van der Waals surface area contributed by atoms with Crippen LogP contribution in [0, 0.1) is 0 Å². The van der Waals surface area contributed by atoms with E-state index in [0.29, 0.717) is 0 Å². The maximum atomic E-state index is 3.41. The summed E-state index contributed by atoms with van der Waals surface area (Å²) in [6, 6.07) is 0. The maximum Gasteiger partial charge on any atom is 0.113 e. The van der Waals surface area contributed by atoms with Crippen LogP contribution in [0.25, 0.3) is 0 Å². The van der Waals surface area contributed by atoms with Crippen molar-refractivity contribution in [2.24, 2.45) is 0 Å². The molecule has 1 fully saturated rings. The van der Waals surface area contributed by atoms with Crippen molar-refractivity contribution in [3.63, 3.8) is 0 Å². The molecule has 0 radical (unpaired) electrons. The molecule has 2 aliphatic rings. The molecule has 0 aromatic heterocycles. The van der Waals surface area contributed by atoms with Crippen molar-refractivity contribution in [2.45, 2.75) is 20.3 Å². The van der Waals surface area contributed by atoms with E-state index in [-0.39, 0.29) is 0 Å². The highest BCUT2D eigenvalue weighted by atomic mass is 32.2. The number of hydrogen-bond donors (Lipinski definition) is 2. The van der Waals surface area contributed by atoms with Gasteiger partial charge in [-0.3, -0.25) is 10.0 Å². The molecule has 0 atom stereocenters. The predicted octanol–water partition coefficient (Wildman–Crippen LogP) is 1.47. The number of allylic oxidation sites excluding steroid dienone is 1. The second-order valence-corrected chi connectivity index (χ2v) is 5.03. The van der Waals surface area contributed by atoms with Crippen LogP contribution in [0.5, 0.6) is 0 Å². The van der Waals surface area contributed by atoms with Gasteiger partial charge in [-0.15, -0.1) is 5.53 Å². The molecule has 2 N–H and O–H groups in total. The van der Waals surface area contributed by atoms with Crippen LogP contribution in [0.1, 0.15) is 20.3 Å². The van der Waals surface area contributed by atoms with Crippen LogP contribution in [-0.2, 0) is 0 Å². The maximum absolute atomic E-state index is 3.41. The van der Waals surface area contributed by atoms with Gasteiger partial charge in [0.25, 0.3) is 0 Å². The van der Waals surface area contributed by atoms with E-state index in [2.05, 4.69) is 47.2 Å². The van der Waals surface area contributed by atoms with Gasteiger partial charge in [0.1, 0.15) is 5.03 Å². The molecule has 4 nitrogen and oxygen atoms in total. The fraction of sp³-hybridized carbons (Fsp3) is 0.636. The van der Waals surface area contributed by atoms with Crippen molar-refractivity contribution >= 4 is 11.8 Å². The van der Waals surface area contributed by atoms with Crippen LogP contribution in [0.4, 0.5) is 0 Å². The SMILES string of the molecule is CC/C(C)=C/SC1=C2CNCCN2NN1C. The lowest BCUT2D eigenvalue weighted by Crippen LogP contribution is -2.47. The zero-order valence-corrected chi connectivity index (χ0v) is 11.0. The number of nitrogens with one attached hydrogen (secondary N) is 2. The second kappa shape index (κ2) is 5.12. The molecule has 0 saturated carbocycles. The van der Waals surface area contributed by atoms with Gasteiger partial charge in [0.05, 0.1) is 5.70 Å². The van der Waals surface area contributed by atoms with Crippen LogP contribution >= 0.6 is 11.8 Å². The first-order chi connectivity index (χ1) is 7.72. The molecule has 0 aromatic rings. The summed E-state index contributed by atoms with van der Waals surface area (Å²) in [4.78, 5) is 0. The monoisotopic (exact) mass is 240 g/mol. The van der Waals surface area contributed by atoms with E-state index in [1.165, 1.54) is 16.3 Å². The molecule has 2 rings (SSSR count). The highest BCUT2D eigenvalue weighted by molar-refractivity contribution is 8.05. The lowest BCUT2D eigenvalue weighted by atomic mass is 10.3. The van der Waals surface area contributed by atoms with Gasteiger partial charge < -0.3 is 5.32 Å². The van der Waals surface area contributed by atoms with Gasteiger partial charge in [-0.2, -0.15) is 0 Å². The van der Waals surface area contributed by atoms with Crippen molar-refractivity contribution < 1.29 is 0 Å². The third-order valence-electron chi connectivity index (χ3n) is 2.88. The molecule has 2 heterocycles. The number of thioether (sulfide) groups is 1. The molecule has 2 aliphatic heterocycles. The summed E-state index contributed by atoms with van der Waals surface area (Å²) in [5.74, 6) is 0. The van der Waals surface area contributed by atoms with Gasteiger partial charge in [0.15, 0.2) is 0 Å². The smallest absolute Gasteiger partial charge is 0.113 e. The Morgan fingerprint density at radius 3 is 3.12 bits per heavy atom. The van der Waals surface area contributed by atoms with E-state index in [1.807, 2.05) is 11.8 Å². The lowest BCUT2D eigenvalue weighted by Gasteiger charge is -2.26. The highest BCUT2D eigenvalue weighted by Gasteiger charge is 2.27. The molecule has 0 unspecified atom stereocenters. The van der Waals surface area contributed by atoms with Crippen LogP contribution in [0.2, 0.25) is 0 Å². The summed E-state index contributed by atoms with van der Waals surface area (Å²) < 4.78 is 0. The highest BCUT2D eigenvalue weighted by Crippen LogP contribution is 2.30. The predicted molar refractivity (Wildman–Crippen MR) is 69.1 cm³/mol. The minimum atomic E-state index is 0.957. The minimum Gasteiger partial charge on any atom is -0.309 e. The number of fused-ring (bicyclic) bond motifs is 1. The number of hydrogen-bond acceptors (Lipinski definition) is 5. The standard InChI is InChI=1S/C11H20N4S/c1-4-9(2)8-16-11-10-7-12-5-6-15(10)13-14(11)3/h8,12-13H,4-7H2,1-3H3/b9-8+. The Bertz CT molecular complexity index is 324. The van der Waals surface area contributed by atoms with Crippen LogP contribution in [0.15, 0.2) is 21.7 Å². The number of piperazine rings is 1. The Balaban J connectivity index is 2.10. The van der Waals surface area contributed by atoms with Crippen molar-refractivity contribution in [1.29, 1.82) is 0 Å². The number of hydrazine groups is 2. The van der Waals surface area contributed by atoms with Gasteiger partial charge in [0, 0.05) is 26.7 Å². The van der Waals surface area contributed by atoms with Gasteiger partial charge in [-0.25, -0.2) is 0 Å². The first-order valence-electron chi connectivity index (χ1n) is 5.76. The quantitative estimate of drug-likeness (QED) is 0.780. The van der Waals surface area contributed by atoms with Gasteiger partial charge in [-0.1, -0.05) is 24.3 Å². The minimum absolute atomic E-state index is 0.957. The molecule has 1 saturated heterocycles. The van der Waals surface area contributed by atoms with E-state index in [9.17, 15) is 0 Å². The molecule has 0 amide bonds. The summed E-state index contributed by atoms with van der Waals surface area (Å²) in [6.07, 6.45) is 1.12. The van der Waals surface area contributed by atoms with E-state index in [4.69, 9.17) is 0 Å². The van der Waals surface area contributed by atoms with Gasteiger partial charge in [0.2, 0.25) is 0 Å². The lowest BCUT2D eigenvalue weighted by molar-refractivity contribution is 0.138. The van der Waals surface area contributed by atoms with E-state index in [1.54, 1.807) is 0 Å². The molecule has 5 heteroatoms. The van der Waals surface area contributed by atoms with E-state index < -0.39 is 0 Å². The molecule has 0 aliphatic carbocycles. The summed E-state index contributed by atoms with van der Waals surface area (Å²) in [6.45, 7) is 7.40. The Labute approximate surface area is 102 Å². The zero-order chi connectivity index (χ0) is 11.5. The molecular formula is C11H20N4S. The fourth-order valence-electron chi connectivity index (χ4n) is 1.74. The number of rotatable bonds is 3. The second-order valence-electron chi connectivity index (χ2n) is 4.17. The molecule has 0 bridgehead atoms. The van der Waals surface area contributed by atoms with Crippen LogP contribution in [-0.4, -0.2) is 36.7 Å². The Hall–Kier alpha value is -0.650. The first-order valence-corrected chi connectivity index (χ1v) is 6.64. The third-order valence-corrected chi connectivity index (χ3v) is 4.14. The Morgan fingerprint density at radius 2 is 2.38 bits per heavy atom. The first kappa shape index (κ1) is 11.8. The topological polar surface area (TPSA) is 30.5 Å². The largest absolute Gasteiger partial charge is 0.309 e. The van der Waals surface area contributed by atoms with Crippen LogP contribution < -0.4 is 10.9 Å². The average Bonchev–Trinajstić information content (AvgIpc) is 2.62. The van der Waals surface area contributed by atoms with Crippen LogP contribution in [0.3, 0.4) is 0 Å². The van der Waals surface area contributed by atoms with Gasteiger partial charge in [-0.05, 0) is 18.8 Å². The molecule has 0 aromatic carbocycles. The normalized spacial score (nSPS) is 21.8. The Kier molecular flexibility index (Phi) is 3.78. The third kappa shape index (κ3) is 2.36. The summed E-state index contributed by atoms with van der Waals surface area (Å²) in [7, 11) is 2.07. The number of nitrogens with zero attached hydrogens (tertiary/aromatic N) is 2. The molecule has 16 heavy (non-hydrogen) atoms. The Morgan fingerprint density at radius 1 is 1.56 bits per heavy atom. The zero-order valence-electron chi connectivity index (χ0n) is 10.2. The molecular weight excluding hydrogens is 220 g/mol. The summed E-state index contributed by atoms with van der Waals surface area (Å²) in [5.41, 5.74) is 6.13. The van der Waals surface area contributed by atoms with E-state index in [0.717, 1.165) is 26.1 Å². The van der Waals surface area contributed by atoms with Crippen molar-refractivity contribution in [1.82, 2.24) is 20.9 Å².